The molecule has 1 aliphatic carbocycles. The maximum atomic E-state index is 13.6. The van der Waals surface area contributed by atoms with Crippen LogP contribution in [-0.4, -0.2) is 11.9 Å². The van der Waals surface area contributed by atoms with Gasteiger partial charge in [-0.05, 0) is 71.1 Å². The van der Waals surface area contributed by atoms with E-state index in [9.17, 15) is 4.79 Å². The van der Waals surface area contributed by atoms with E-state index in [1.807, 2.05) is 97.1 Å². The van der Waals surface area contributed by atoms with E-state index in [1.165, 1.54) is 0 Å². The Labute approximate surface area is 243 Å². The van der Waals surface area contributed by atoms with Crippen LogP contribution < -0.4 is 4.74 Å². The van der Waals surface area contributed by atoms with Crippen molar-refractivity contribution in [3.63, 3.8) is 0 Å². The molecule has 0 bridgehead atoms. The van der Waals surface area contributed by atoms with Crippen LogP contribution in [0, 0.1) is 0 Å². The van der Waals surface area contributed by atoms with Crippen molar-refractivity contribution < 1.29 is 19.1 Å². The van der Waals surface area contributed by atoms with Crippen molar-refractivity contribution in [1.82, 2.24) is 0 Å². The summed E-state index contributed by atoms with van der Waals surface area (Å²) in [6, 6.07) is 35.0. The maximum Gasteiger partial charge on any atom is 0.321 e. The number of ether oxygens (including phenoxy) is 2. The number of rotatable bonds is 9. The molecule has 40 heavy (non-hydrogen) atoms. The Morgan fingerprint density at radius 2 is 1.32 bits per heavy atom. The van der Waals surface area contributed by atoms with Crippen LogP contribution in [0.5, 0.6) is 5.75 Å². The summed E-state index contributed by atoms with van der Waals surface area (Å²) >= 11 is 3.50. The van der Waals surface area contributed by atoms with E-state index >= 15 is 0 Å². The third-order valence-electron chi connectivity index (χ3n) is 7.25. The van der Waals surface area contributed by atoms with E-state index in [2.05, 4.69) is 21.1 Å². The van der Waals surface area contributed by atoms with Gasteiger partial charge in [-0.3, -0.25) is 4.79 Å². The van der Waals surface area contributed by atoms with Crippen molar-refractivity contribution in [2.45, 2.75) is 50.7 Å². The minimum atomic E-state index is -0.631. The molecule has 5 nitrogen and oxygen atoms in total. The number of carbonyl (C=O) groups is 1. The van der Waals surface area contributed by atoms with Gasteiger partial charge >= 0.3 is 5.97 Å². The maximum absolute atomic E-state index is 13.6. The van der Waals surface area contributed by atoms with Gasteiger partial charge in [0.05, 0.1) is 5.41 Å². The van der Waals surface area contributed by atoms with Gasteiger partial charge < -0.3 is 14.3 Å². The summed E-state index contributed by atoms with van der Waals surface area (Å²) in [5.41, 5.74) is 3.14. The molecule has 0 amide bonds. The molecule has 0 N–H and O–H groups in total. The summed E-state index contributed by atoms with van der Waals surface area (Å²) in [7, 11) is 0. The highest BCUT2D eigenvalue weighted by Gasteiger charge is 2.42. The minimum Gasteiger partial charge on any atom is -0.470 e. The molecule has 1 saturated carbocycles. The predicted molar refractivity (Wildman–Crippen MR) is 160 cm³/mol. The molecular formula is C34H32BrNO4. The zero-order valence-electron chi connectivity index (χ0n) is 22.3. The second-order valence-corrected chi connectivity index (χ2v) is 10.9. The van der Waals surface area contributed by atoms with Crippen LogP contribution in [0.25, 0.3) is 0 Å². The van der Waals surface area contributed by atoms with Crippen LogP contribution in [0.4, 0.5) is 0 Å². The number of benzene rings is 4. The average Bonchev–Trinajstić information content (AvgIpc) is 3.01. The second kappa shape index (κ2) is 13.4. The zero-order chi connectivity index (χ0) is 27.6. The van der Waals surface area contributed by atoms with E-state index in [4.69, 9.17) is 14.3 Å². The molecule has 204 valence electrons. The fourth-order valence-corrected chi connectivity index (χ4v) is 5.30. The topological polar surface area (TPSA) is 57.1 Å². The first-order valence-electron chi connectivity index (χ1n) is 13.6. The molecule has 6 heteroatoms. The lowest BCUT2D eigenvalue weighted by Gasteiger charge is -2.35. The van der Waals surface area contributed by atoms with E-state index in [-0.39, 0.29) is 5.97 Å². The third-order valence-corrected chi connectivity index (χ3v) is 7.78. The number of halogens is 1. The van der Waals surface area contributed by atoms with Crippen LogP contribution in [0.2, 0.25) is 0 Å². The van der Waals surface area contributed by atoms with Crippen LogP contribution >= 0.6 is 15.9 Å². The van der Waals surface area contributed by atoms with Crippen molar-refractivity contribution in [1.29, 1.82) is 0 Å². The highest BCUT2D eigenvalue weighted by molar-refractivity contribution is 9.10. The molecule has 0 aromatic heterocycles. The summed E-state index contributed by atoms with van der Waals surface area (Å²) in [5, 5.41) is 4.31. The lowest BCUT2D eigenvalue weighted by molar-refractivity contribution is -0.142. The fraction of sp³-hybridized carbons (Fsp3) is 0.235. The molecule has 0 heterocycles. The number of hydrogen-bond donors (Lipinski definition) is 0. The lowest BCUT2D eigenvalue weighted by atomic mass is 9.69. The van der Waals surface area contributed by atoms with Crippen molar-refractivity contribution in [2.24, 2.45) is 5.16 Å². The third kappa shape index (κ3) is 6.99. The van der Waals surface area contributed by atoms with Crippen molar-refractivity contribution in [3.05, 3.63) is 136 Å². The highest BCUT2D eigenvalue weighted by Crippen LogP contribution is 2.41. The molecule has 0 radical (unpaired) electrons. The molecule has 1 aliphatic rings. The van der Waals surface area contributed by atoms with Gasteiger partial charge in [-0.2, -0.15) is 0 Å². The van der Waals surface area contributed by atoms with E-state index in [0.29, 0.717) is 24.9 Å². The summed E-state index contributed by atoms with van der Waals surface area (Å²) in [6.07, 6.45) is 4.72. The van der Waals surface area contributed by atoms with Crippen LogP contribution in [0.15, 0.2) is 119 Å². The largest absolute Gasteiger partial charge is 0.470 e. The smallest absolute Gasteiger partial charge is 0.321 e. The summed E-state index contributed by atoms with van der Waals surface area (Å²) in [6.45, 7) is 0.674. The summed E-state index contributed by atoms with van der Waals surface area (Å²) in [5.74, 6) is 0.641. The molecule has 1 fully saturated rings. The Morgan fingerprint density at radius 3 is 1.95 bits per heavy atom. The Bertz CT molecular complexity index is 1400. The predicted octanol–water partition coefficient (Wildman–Crippen LogP) is 8.35. The summed E-state index contributed by atoms with van der Waals surface area (Å²) in [4.78, 5) is 19.3. The summed E-state index contributed by atoms with van der Waals surface area (Å²) < 4.78 is 13.0. The quantitative estimate of drug-likeness (QED) is 0.0639. The van der Waals surface area contributed by atoms with Gasteiger partial charge in [0.2, 0.25) is 0 Å². The Balaban J connectivity index is 1.32. The van der Waals surface area contributed by atoms with Crippen molar-refractivity contribution in [2.75, 3.05) is 0 Å². The molecule has 0 spiro atoms. The standard InChI is InChI=1S/C34H32BrNO4/c35-30-18-16-29(17-19-30)34(22-8-3-9-23-34)33(37)40-31-20-14-28(15-21-31)32(38-24-26-10-4-1-5-11-26)36-39-25-27-12-6-2-7-13-27/h1-2,4-7,10-21H,3,8-9,22-25H2. The van der Waals surface area contributed by atoms with Gasteiger partial charge in [-0.25, -0.2) is 0 Å². The van der Waals surface area contributed by atoms with Crippen LogP contribution in [-0.2, 0) is 33.0 Å². The first-order valence-corrected chi connectivity index (χ1v) is 14.4. The molecular weight excluding hydrogens is 566 g/mol. The molecule has 4 aromatic carbocycles. The number of nitrogens with zero attached hydrogens (tertiary/aromatic N) is 1. The number of carbonyl (C=O) groups excluding carboxylic acids is 1. The number of esters is 1. The van der Waals surface area contributed by atoms with Crippen molar-refractivity contribution in [3.8, 4) is 5.75 Å². The fourth-order valence-electron chi connectivity index (χ4n) is 5.03. The SMILES string of the molecule is O=C(Oc1ccc(C(=NOCc2ccccc2)OCc2ccccc2)cc1)C1(c2ccc(Br)cc2)CCCCC1. The van der Waals surface area contributed by atoms with Gasteiger partial charge in [0.25, 0.3) is 5.90 Å². The van der Waals surface area contributed by atoms with Gasteiger partial charge in [0.15, 0.2) is 0 Å². The average molecular weight is 599 g/mol. The molecule has 5 rings (SSSR count). The van der Waals surface area contributed by atoms with Gasteiger partial charge in [0, 0.05) is 10.0 Å². The normalized spacial score (nSPS) is 14.8. The molecule has 4 aromatic rings. The van der Waals surface area contributed by atoms with E-state index in [1.54, 1.807) is 12.1 Å². The molecule has 0 unspecified atom stereocenters. The number of oxime groups is 1. The van der Waals surface area contributed by atoms with Crippen LogP contribution in [0.3, 0.4) is 0 Å². The molecule has 0 saturated heterocycles. The van der Waals surface area contributed by atoms with Crippen LogP contribution in [0.1, 0.15) is 54.4 Å². The molecule has 0 aliphatic heterocycles. The van der Waals surface area contributed by atoms with E-state index in [0.717, 1.165) is 58.8 Å². The first-order chi connectivity index (χ1) is 19.6. The monoisotopic (exact) mass is 597 g/mol. The van der Waals surface area contributed by atoms with Crippen molar-refractivity contribution >= 4 is 27.8 Å². The van der Waals surface area contributed by atoms with Gasteiger partial charge in [-0.15, -0.1) is 0 Å². The van der Waals surface area contributed by atoms with E-state index < -0.39 is 5.41 Å². The lowest BCUT2D eigenvalue weighted by Crippen LogP contribution is -2.41. The van der Waals surface area contributed by atoms with Gasteiger partial charge in [0.1, 0.15) is 19.0 Å². The molecule has 0 atom stereocenters. The Morgan fingerprint density at radius 1 is 0.725 bits per heavy atom. The number of hydrogen-bond acceptors (Lipinski definition) is 5. The first kappa shape index (κ1) is 27.7. The zero-order valence-corrected chi connectivity index (χ0v) is 23.9. The highest BCUT2D eigenvalue weighted by atomic mass is 79.9. The Hall–Kier alpha value is -3.90. The minimum absolute atomic E-state index is 0.206. The Kier molecular flexibility index (Phi) is 9.30. The second-order valence-electron chi connectivity index (χ2n) is 9.99. The van der Waals surface area contributed by atoms with Gasteiger partial charge in [-0.1, -0.05) is 108 Å².